The molecule has 0 unspecified atom stereocenters. The van der Waals surface area contributed by atoms with E-state index in [-0.39, 0.29) is 10.8 Å². The average molecular weight is 279 g/mol. The van der Waals surface area contributed by atoms with E-state index in [2.05, 4.69) is 14.9 Å². The minimum atomic E-state index is -3.57. The quantitative estimate of drug-likeness (QED) is 0.903. The fraction of sp³-hybridized carbons (Fsp3) is 0.308. The number of aryl methyl sites for hydroxylation is 1. The predicted octanol–water partition coefficient (Wildman–Crippen LogP) is 2.64. The SMILES string of the molecule is Cc1ccc(S(=O)(=O)Nc2cc(C(C)C)[nH]n2)cc1. The topological polar surface area (TPSA) is 74.8 Å². The van der Waals surface area contributed by atoms with Crippen LogP contribution in [0, 0.1) is 6.92 Å². The predicted molar refractivity (Wildman–Crippen MR) is 74.7 cm³/mol. The molecule has 0 radical (unpaired) electrons. The third kappa shape index (κ3) is 3.14. The number of hydrogen-bond donors (Lipinski definition) is 2. The maximum Gasteiger partial charge on any atom is 0.263 e. The summed E-state index contributed by atoms with van der Waals surface area (Å²) in [5.74, 6) is 0.578. The summed E-state index contributed by atoms with van der Waals surface area (Å²) in [5, 5.41) is 6.76. The molecule has 1 aromatic carbocycles. The second-order valence-electron chi connectivity index (χ2n) is 4.78. The lowest BCUT2D eigenvalue weighted by molar-refractivity contribution is 0.601. The van der Waals surface area contributed by atoms with Gasteiger partial charge in [-0.25, -0.2) is 8.42 Å². The standard InChI is InChI=1S/C13H17N3O2S/c1-9(2)12-8-13(15-14-12)16-19(17,18)11-6-4-10(3)5-7-11/h4-9H,1-3H3,(H2,14,15,16). The highest BCUT2D eigenvalue weighted by molar-refractivity contribution is 7.92. The van der Waals surface area contributed by atoms with Gasteiger partial charge in [0.15, 0.2) is 5.82 Å². The van der Waals surface area contributed by atoms with Crippen molar-refractivity contribution in [3.05, 3.63) is 41.6 Å². The summed E-state index contributed by atoms with van der Waals surface area (Å²) in [6.45, 7) is 5.92. The van der Waals surface area contributed by atoms with Crippen molar-refractivity contribution in [3.8, 4) is 0 Å². The Balaban J connectivity index is 2.23. The molecule has 102 valence electrons. The highest BCUT2D eigenvalue weighted by Crippen LogP contribution is 2.18. The molecule has 0 fully saturated rings. The summed E-state index contributed by atoms with van der Waals surface area (Å²) < 4.78 is 26.7. The van der Waals surface area contributed by atoms with Crippen LogP contribution in [0.1, 0.15) is 31.0 Å². The Kier molecular flexibility index (Phi) is 3.61. The third-order valence-electron chi connectivity index (χ3n) is 2.79. The molecule has 19 heavy (non-hydrogen) atoms. The number of hydrogen-bond acceptors (Lipinski definition) is 3. The number of anilines is 1. The summed E-state index contributed by atoms with van der Waals surface area (Å²) >= 11 is 0. The van der Waals surface area contributed by atoms with E-state index in [4.69, 9.17) is 0 Å². The van der Waals surface area contributed by atoms with E-state index in [1.54, 1.807) is 30.3 Å². The minimum absolute atomic E-state index is 0.229. The maximum absolute atomic E-state index is 12.1. The molecule has 2 aromatic rings. The van der Waals surface area contributed by atoms with Crippen LogP contribution in [0.15, 0.2) is 35.2 Å². The molecule has 6 heteroatoms. The first-order chi connectivity index (χ1) is 8.88. The number of aromatic nitrogens is 2. The first kappa shape index (κ1) is 13.6. The number of H-pyrrole nitrogens is 1. The maximum atomic E-state index is 12.1. The molecule has 1 heterocycles. The van der Waals surface area contributed by atoms with Gasteiger partial charge in [-0.1, -0.05) is 31.5 Å². The van der Waals surface area contributed by atoms with Gasteiger partial charge in [0.25, 0.3) is 10.0 Å². The zero-order valence-electron chi connectivity index (χ0n) is 11.1. The second kappa shape index (κ2) is 5.05. The van der Waals surface area contributed by atoms with Gasteiger partial charge in [0.2, 0.25) is 0 Å². The first-order valence-corrected chi connectivity index (χ1v) is 7.51. The molecule has 5 nitrogen and oxygen atoms in total. The first-order valence-electron chi connectivity index (χ1n) is 6.03. The minimum Gasteiger partial charge on any atom is -0.280 e. The Morgan fingerprint density at radius 1 is 1.21 bits per heavy atom. The summed E-state index contributed by atoms with van der Waals surface area (Å²) in [6, 6.07) is 8.38. The molecule has 0 spiro atoms. The molecule has 0 aliphatic carbocycles. The summed E-state index contributed by atoms with van der Waals surface area (Å²) in [5.41, 5.74) is 1.91. The molecule has 2 rings (SSSR count). The van der Waals surface area contributed by atoms with Crippen molar-refractivity contribution < 1.29 is 8.42 Å². The number of aromatic amines is 1. The number of nitrogens with zero attached hydrogens (tertiary/aromatic N) is 1. The molecule has 0 aliphatic heterocycles. The highest BCUT2D eigenvalue weighted by atomic mass is 32.2. The van der Waals surface area contributed by atoms with E-state index >= 15 is 0 Å². The molecule has 0 bridgehead atoms. The van der Waals surface area contributed by atoms with E-state index < -0.39 is 10.0 Å². The lowest BCUT2D eigenvalue weighted by Crippen LogP contribution is -2.13. The van der Waals surface area contributed by atoms with Gasteiger partial charge in [0, 0.05) is 11.8 Å². The van der Waals surface area contributed by atoms with Gasteiger partial charge >= 0.3 is 0 Å². The van der Waals surface area contributed by atoms with E-state index in [0.717, 1.165) is 11.3 Å². The molecule has 0 aliphatic rings. The number of nitrogens with one attached hydrogen (secondary N) is 2. The van der Waals surface area contributed by atoms with Crippen LogP contribution >= 0.6 is 0 Å². The molecule has 0 amide bonds. The van der Waals surface area contributed by atoms with Gasteiger partial charge in [-0.3, -0.25) is 9.82 Å². The number of sulfonamides is 1. The van der Waals surface area contributed by atoms with Crippen molar-refractivity contribution in [2.45, 2.75) is 31.6 Å². The van der Waals surface area contributed by atoms with Crippen molar-refractivity contribution in [2.75, 3.05) is 4.72 Å². The van der Waals surface area contributed by atoms with E-state index in [0.29, 0.717) is 5.82 Å². The normalized spacial score (nSPS) is 11.8. The van der Waals surface area contributed by atoms with Crippen molar-refractivity contribution in [1.82, 2.24) is 10.2 Å². The smallest absolute Gasteiger partial charge is 0.263 e. The Morgan fingerprint density at radius 2 is 1.84 bits per heavy atom. The molecule has 0 atom stereocenters. The average Bonchev–Trinajstić information content (AvgIpc) is 2.77. The van der Waals surface area contributed by atoms with Gasteiger partial charge in [-0.05, 0) is 25.0 Å². The lowest BCUT2D eigenvalue weighted by atomic mass is 10.1. The molecule has 1 aromatic heterocycles. The molecule has 0 saturated heterocycles. The van der Waals surface area contributed by atoms with Crippen LogP contribution in [-0.2, 0) is 10.0 Å². The van der Waals surface area contributed by atoms with E-state index in [9.17, 15) is 8.42 Å². The van der Waals surface area contributed by atoms with Crippen LogP contribution in [-0.4, -0.2) is 18.6 Å². The Hall–Kier alpha value is -1.82. The van der Waals surface area contributed by atoms with Gasteiger partial charge in [-0.15, -0.1) is 0 Å². The van der Waals surface area contributed by atoms with Gasteiger partial charge in [0.05, 0.1) is 4.90 Å². The fourth-order valence-electron chi connectivity index (χ4n) is 1.60. The monoisotopic (exact) mass is 279 g/mol. The van der Waals surface area contributed by atoms with Gasteiger partial charge in [-0.2, -0.15) is 5.10 Å². The summed E-state index contributed by atoms with van der Waals surface area (Å²) in [6.07, 6.45) is 0. The second-order valence-corrected chi connectivity index (χ2v) is 6.46. The van der Waals surface area contributed by atoms with Crippen LogP contribution in [0.4, 0.5) is 5.82 Å². The van der Waals surface area contributed by atoms with Crippen LogP contribution in [0.25, 0.3) is 0 Å². The van der Waals surface area contributed by atoms with Crippen LogP contribution in [0.5, 0.6) is 0 Å². The van der Waals surface area contributed by atoms with Crippen molar-refractivity contribution in [1.29, 1.82) is 0 Å². The van der Waals surface area contributed by atoms with E-state index in [1.807, 2.05) is 20.8 Å². The fourth-order valence-corrected chi connectivity index (χ4v) is 2.59. The summed E-state index contributed by atoms with van der Waals surface area (Å²) in [4.78, 5) is 0.229. The zero-order valence-corrected chi connectivity index (χ0v) is 12.0. The molecule has 0 saturated carbocycles. The van der Waals surface area contributed by atoms with Crippen molar-refractivity contribution >= 4 is 15.8 Å². The lowest BCUT2D eigenvalue weighted by Gasteiger charge is -2.05. The summed E-state index contributed by atoms with van der Waals surface area (Å²) in [7, 11) is -3.57. The highest BCUT2D eigenvalue weighted by Gasteiger charge is 2.15. The zero-order chi connectivity index (χ0) is 14.0. The molecular formula is C13H17N3O2S. The Morgan fingerprint density at radius 3 is 2.37 bits per heavy atom. The number of benzene rings is 1. The van der Waals surface area contributed by atoms with E-state index in [1.165, 1.54) is 0 Å². The van der Waals surface area contributed by atoms with Crippen LogP contribution in [0.3, 0.4) is 0 Å². The van der Waals surface area contributed by atoms with Crippen LogP contribution < -0.4 is 4.72 Å². The van der Waals surface area contributed by atoms with Gasteiger partial charge < -0.3 is 0 Å². The van der Waals surface area contributed by atoms with Gasteiger partial charge in [0.1, 0.15) is 0 Å². The molecule has 2 N–H and O–H groups in total. The number of rotatable bonds is 4. The van der Waals surface area contributed by atoms with Crippen molar-refractivity contribution in [3.63, 3.8) is 0 Å². The van der Waals surface area contributed by atoms with Crippen LogP contribution in [0.2, 0.25) is 0 Å². The third-order valence-corrected chi connectivity index (χ3v) is 4.16. The van der Waals surface area contributed by atoms with Crippen molar-refractivity contribution in [2.24, 2.45) is 0 Å². The molecular weight excluding hydrogens is 262 g/mol. The Bertz CT molecular complexity index is 657. The Labute approximate surface area is 113 Å². The largest absolute Gasteiger partial charge is 0.280 e.